The van der Waals surface area contributed by atoms with Crippen molar-refractivity contribution in [2.45, 2.75) is 16.7 Å². The summed E-state index contributed by atoms with van der Waals surface area (Å²) in [6.07, 6.45) is 6.24. The minimum absolute atomic E-state index is 0.0235. The van der Waals surface area contributed by atoms with E-state index in [-0.39, 0.29) is 10.8 Å². The zero-order chi connectivity index (χ0) is 26.3. The van der Waals surface area contributed by atoms with Crippen molar-refractivity contribution in [2.75, 3.05) is 49.8 Å². The van der Waals surface area contributed by atoms with Crippen LogP contribution in [-0.4, -0.2) is 69.6 Å². The van der Waals surface area contributed by atoms with Gasteiger partial charge in [0.15, 0.2) is 0 Å². The highest BCUT2D eigenvalue weighted by molar-refractivity contribution is 7.98. The second-order valence-corrected chi connectivity index (χ2v) is 11.5. The van der Waals surface area contributed by atoms with Gasteiger partial charge in [-0.15, -0.1) is 11.8 Å². The predicted octanol–water partition coefficient (Wildman–Crippen LogP) is 5.09. The molecule has 0 unspecified atom stereocenters. The molecule has 1 aliphatic rings. The summed E-state index contributed by atoms with van der Waals surface area (Å²) < 4.78 is 27.9. The number of hydrogen-bond acceptors (Lipinski definition) is 5. The summed E-state index contributed by atoms with van der Waals surface area (Å²) in [6.45, 7) is 5.93. The molecule has 1 amide bonds. The molecule has 1 fully saturated rings. The van der Waals surface area contributed by atoms with E-state index in [0.717, 1.165) is 24.5 Å². The number of rotatable bonds is 9. The molecular weight excluding hydrogens is 502 g/mol. The van der Waals surface area contributed by atoms with Gasteiger partial charge in [-0.2, -0.15) is 0 Å². The van der Waals surface area contributed by atoms with E-state index >= 15 is 0 Å². The fourth-order valence-electron chi connectivity index (χ4n) is 4.35. The molecule has 3 aromatic carbocycles. The molecule has 0 aliphatic carbocycles. The summed E-state index contributed by atoms with van der Waals surface area (Å²) >= 11 is 1.57. The van der Waals surface area contributed by atoms with E-state index in [2.05, 4.69) is 29.2 Å². The number of carbonyl (C=O) groups is 1. The van der Waals surface area contributed by atoms with E-state index in [1.807, 2.05) is 41.5 Å². The van der Waals surface area contributed by atoms with E-state index in [1.165, 1.54) is 9.87 Å². The molecule has 4 rings (SSSR count). The van der Waals surface area contributed by atoms with Gasteiger partial charge in [-0.05, 0) is 67.3 Å². The van der Waals surface area contributed by atoms with Crippen LogP contribution in [0.15, 0.2) is 94.7 Å². The van der Waals surface area contributed by atoms with Gasteiger partial charge in [-0.3, -0.25) is 14.0 Å². The summed E-state index contributed by atoms with van der Waals surface area (Å²) in [5.74, 6) is -0.0235. The first kappa shape index (κ1) is 27.0. The van der Waals surface area contributed by atoms with Crippen LogP contribution in [0.1, 0.15) is 22.8 Å². The average molecular weight is 536 g/mol. The highest BCUT2D eigenvalue weighted by atomic mass is 32.2. The average Bonchev–Trinajstić information content (AvgIpc) is 2.94. The van der Waals surface area contributed by atoms with E-state index in [9.17, 15) is 13.2 Å². The Kier molecular flexibility index (Phi) is 9.08. The molecule has 1 aliphatic heterocycles. The van der Waals surface area contributed by atoms with Crippen LogP contribution in [0.4, 0.5) is 5.69 Å². The molecule has 37 heavy (non-hydrogen) atoms. The molecule has 0 spiro atoms. The minimum Gasteiger partial charge on any atom is -0.336 e. The lowest BCUT2D eigenvalue weighted by atomic mass is 10.1. The van der Waals surface area contributed by atoms with Crippen molar-refractivity contribution in [1.82, 2.24) is 9.80 Å². The number of carbonyl (C=O) groups excluding carboxylic acids is 1. The van der Waals surface area contributed by atoms with Crippen molar-refractivity contribution in [3.8, 4) is 0 Å². The topological polar surface area (TPSA) is 60.9 Å². The smallest absolute Gasteiger partial charge is 0.264 e. The van der Waals surface area contributed by atoms with Crippen LogP contribution in [0, 0.1) is 0 Å². The maximum absolute atomic E-state index is 13.3. The Labute approximate surface area is 224 Å². The third kappa shape index (κ3) is 6.63. The molecule has 0 atom stereocenters. The Bertz CT molecular complexity index is 1300. The number of hydrogen-bond donors (Lipinski definition) is 0. The Morgan fingerprint density at radius 2 is 1.57 bits per heavy atom. The third-order valence-electron chi connectivity index (χ3n) is 6.47. The van der Waals surface area contributed by atoms with E-state index in [0.29, 0.717) is 30.9 Å². The van der Waals surface area contributed by atoms with Gasteiger partial charge in [0.2, 0.25) is 0 Å². The van der Waals surface area contributed by atoms with Crippen molar-refractivity contribution in [1.29, 1.82) is 0 Å². The van der Waals surface area contributed by atoms with Gasteiger partial charge in [0, 0.05) is 49.7 Å². The first-order chi connectivity index (χ1) is 17.9. The number of sulfonamides is 1. The number of thioether (sulfide) groups is 1. The largest absolute Gasteiger partial charge is 0.336 e. The number of nitrogens with zero attached hydrogens (tertiary/aromatic N) is 3. The lowest BCUT2D eigenvalue weighted by Gasteiger charge is -2.34. The zero-order valence-electron chi connectivity index (χ0n) is 21.3. The molecule has 6 nitrogen and oxygen atoms in total. The second kappa shape index (κ2) is 12.4. The van der Waals surface area contributed by atoms with Gasteiger partial charge < -0.3 is 4.90 Å². The number of amides is 1. The molecule has 1 saturated heterocycles. The van der Waals surface area contributed by atoms with Crippen LogP contribution in [0.25, 0.3) is 6.08 Å². The van der Waals surface area contributed by atoms with Crippen LogP contribution in [0.3, 0.4) is 0 Å². The Morgan fingerprint density at radius 3 is 2.16 bits per heavy atom. The zero-order valence-corrected chi connectivity index (χ0v) is 22.9. The quantitative estimate of drug-likeness (QED) is 0.357. The summed E-state index contributed by atoms with van der Waals surface area (Å²) in [4.78, 5) is 18.6. The first-order valence-electron chi connectivity index (χ1n) is 12.4. The number of benzene rings is 3. The second-order valence-electron chi connectivity index (χ2n) is 8.80. The van der Waals surface area contributed by atoms with Crippen LogP contribution < -0.4 is 4.31 Å². The summed E-state index contributed by atoms with van der Waals surface area (Å²) in [7, 11) is -3.70. The summed E-state index contributed by atoms with van der Waals surface area (Å²) in [6, 6.07) is 24.0. The molecule has 0 aromatic heterocycles. The van der Waals surface area contributed by atoms with Crippen molar-refractivity contribution >= 4 is 39.5 Å². The monoisotopic (exact) mass is 535 g/mol. The lowest BCUT2D eigenvalue weighted by molar-refractivity contribution is 0.0650. The van der Waals surface area contributed by atoms with E-state index < -0.39 is 10.0 Å². The molecule has 0 saturated carbocycles. The van der Waals surface area contributed by atoms with Crippen molar-refractivity contribution in [2.24, 2.45) is 0 Å². The van der Waals surface area contributed by atoms with Crippen LogP contribution in [-0.2, 0) is 10.0 Å². The van der Waals surface area contributed by atoms with E-state index in [4.69, 9.17) is 0 Å². The van der Waals surface area contributed by atoms with Gasteiger partial charge in [0.1, 0.15) is 0 Å². The van der Waals surface area contributed by atoms with Crippen molar-refractivity contribution in [3.05, 3.63) is 96.1 Å². The third-order valence-corrected chi connectivity index (χ3v) is 9.13. The van der Waals surface area contributed by atoms with Crippen molar-refractivity contribution < 1.29 is 13.2 Å². The van der Waals surface area contributed by atoms with Gasteiger partial charge in [0.25, 0.3) is 15.9 Å². The molecule has 1 heterocycles. The van der Waals surface area contributed by atoms with Gasteiger partial charge in [-0.25, -0.2) is 8.42 Å². The highest BCUT2D eigenvalue weighted by Crippen LogP contribution is 2.26. The molecule has 3 aromatic rings. The molecule has 0 radical (unpaired) electrons. The lowest BCUT2D eigenvalue weighted by Crippen LogP contribution is -2.48. The molecular formula is C29H33N3O3S2. The summed E-state index contributed by atoms with van der Waals surface area (Å²) in [5.41, 5.74) is 2.30. The number of piperazine rings is 1. The fourth-order valence-corrected chi connectivity index (χ4v) is 6.24. The van der Waals surface area contributed by atoms with Gasteiger partial charge >= 0.3 is 0 Å². The Morgan fingerprint density at radius 1 is 0.919 bits per heavy atom. The molecule has 194 valence electrons. The molecule has 0 bridgehead atoms. The van der Waals surface area contributed by atoms with Crippen LogP contribution >= 0.6 is 11.8 Å². The first-order valence-corrected chi connectivity index (χ1v) is 15.1. The van der Waals surface area contributed by atoms with Gasteiger partial charge in [-0.1, -0.05) is 42.5 Å². The summed E-state index contributed by atoms with van der Waals surface area (Å²) in [5, 5.41) is 0. The minimum atomic E-state index is -3.70. The van der Waals surface area contributed by atoms with Crippen LogP contribution in [0.2, 0.25) is 0 Å². The van der Waals surface area contributed by atoms with Crippen LogP contribution in [0.5, 0.6) is 0 Å². The van der Waals surface area contributed by atoms with Gasteiger partial charge in [0.05, 0.1) is 10.6 Å². The SMILES string of the molecule is CCN(c1ccc(C(=O)N2CCN(C/C=C/c3ccccc3)CC2)cc1)S(=O)(=O)c1ccc(SC)cc1. The van der Waals surface area contributed by atoms with Crippen molar-refractivity contribution in [3.63, 3.8) is 0 Å². The highest BCUT2D eigenvalue weighted by Gasteiger charge is 2.25. The Balaban J connectivity index is 1.35. The maximum Gasteiger partial charge on any atom is 0.264 e. The normalized spacial score (nSPS) is 14.7. The standard InChI is InChI=1S/C29H33N3O3S2/c1-3-32(37(34,35)28-17-15-27(36-2)16-18-28)26-13-11-25(12-14-26)29(33)31-22-20-30(21-23-31)19-7-10-24-8-5-4-6-9-24/h4-18H,3,19-23H2,1-2H3/b10-7+. The molecule has 8 heteroatoms. The maximum atomic E-state index is 13.3. The van der Waals surface area contributed by atoms with E-state index in [1.54, 1.807) is 55.1 Å². The molecule has 0 N–H and O–H groups in total. The number of anilines is 1. The fraction of sp³-hybridized carbons (Fsp3) is 0.276. The predicted molar refractivity (Wildman–Crippen MR) is 153 cm³/mol. The Hall–Kier alpha value is -3.07.